The molecule has 3 aromatic carbocycles. The van der Waals surface area contributed by atoms with Crippen LogP contribution < -0.4 is 26.5 Å². The highest BCUT2D eigenvalue weighted by Crippen LogP contribution is 2.66. The minimum atomic E-state index is -1.72. The Hall–Kier alpha value is -1.05. The van der Waals surface area contributed by atoms with E-state index in [9.17, 15) is 0 Å². The van der Waals surface area contributed by atoms with Gasteiger partial charge in [0.15, 0.2) is 0 Å². The van der Waals surface area contributed by atoms with Crippen LogP contribution in [0.25, 0.3) is 0 Å². The summed E-state index contributed by atoms with van der Waals surface area (Å²) < 4.78 is 0. The molecule has 0 unspecified atom stereocenters. The molecule has 0 aromatic heterocycles. The molecule has 3 rings (SSSR count). The van der Waals surface area contributed by atoms with Crippen molar-refractivity contribution in [2.24, 2.45) is 0 Å². The second kappa shape index (κ2) is 13.7. The summed E-state index contributed by atoms with van der Waals surface area (Å²) in [6, 6.07) is 26.3. The average molecular weight is 607 g/mol. The smallest absolute Gasteiger partial charge is 0.0736 e. The van der Waals surface area contributed by atoms with Gasteiger partial charge in [0.1, 0.15) is 0 Å². The van der Waals surface area contributed by atoms with E-state index in [2.05, 4.69) is 150 Å². The fraction of sp³-hybridized carbons (Fsp3) is 0.474. The Labute approximate surface area is 257 Å². The van der Waals surface area contributed by atoms with Crippen LogP contribution >= 0.6 is 22.4 Å². The molecule has 0 aliphatic carbocycles. The highest BCUT2D eigenvalue weighted by atomic mass is 31.2. The minimum Gasteiger partial charge on any atom is -0.174 e. The van der Waals surface area contributed by atoms with E-state index in [1.807, 2.05) is 0 Å². The van der Waals surface area contributed by atoms with Crippen molar-refractivity contribution in [3.63, 3.8) is 0 Å². The van der Waals surface area contributed by atoms with Gasteiger partial charge in [-0.25, -0.2) is 0 Å². The van der Waals surface area contributed by atoms with Crippen molar-refractivity contribution >= 4 is 49.0 Å². The van der Waals surface area contributed by atoms with E-state index in [0.717, 1.165) is 0 Å². The fourth-order valence-corrected chi connectivity index (χ4v) is 16.6. The van der Waals surface area contributed by atoms with Gasteiger partial charge in [0, 0.05) is 33.2 Å². The standard InChI is InChI=1S/C38H57P3/c1-26(2)32-20-22-35(37(24-32)40(13,28(5)6)29(7)8)39(34-18-16-15-17-19-34)36-23-21-33(27(3)4)25-38(36)41(14,30(9)10)31(11)12/h15-31H,13-14H2,1-12H3. The lowest BCUT2D eigenvalue weighted by Gasteiger charge is -2.43. The Bertz CT molecular complexity index is 1190. The van der Waals surface area contributed by atoms with Crippen molar-refractivity contribution in [2.75, 3.05) is 0 Å². The molecule has 0 aliphatic heterocycles. The third kappa shape index (κ3) is 6.72. The zero-order valence-electron chi connectivity index (χ0n) is 28.1. The van der Waals surface area contributed by atoms with E-state index < -0.39 is 22.4 Å². The Morgan fingerprint density at radius 2 is 0.829 bits per heavy atom. The first-order valence-electron chi connectivity index (χ1n) is 15.7. The van der Waals surface area contributed by atoms with Gasteiger partial charge in [0.2, 0.25) is 0 Å². The van der Waals surface area contributed by atoms with Crippen LogP contribution in [0.2, 0.25) is 0 Å². The van der Waals surface area contributed by atoms with Crippen molar-refractivity contribution in [3.8, 4) is 0 Å². The van der Waals surface area contributed by atoms with Gasteiger partial charge in [0.25, 0.3) is 0 Å². The van der Waals surface area contributed by atoms with Crippen molar-refractivity contribution in [2.45, 2.75) is 118 Å². The predicted molar refractivity (Wildman–Crippen MR) is 198 cm³/mol. The molecule has 3 aromatic rings. The van der Waals surface area contributed by atoms with Crippen LogP contribution in [0.4, 0.5) is 0 Å². The normalized spacial score (nSPS) is 13.2. The number of hydrogen-bond acceptors (Lipinski definition) is 0. The van der Waals surface area contributed by atoms with Crippen LogP contribution in [-0.4, -0.2) is 22.6 Å². The SMILES string of the molecule is [CH2-][P+](c1cc(C(C)C)ccc1P(c1ccccc1)c1ccc(C(C)C)cc1[P+]([CH2-])(C(C)C)C(C)C)(C(C)C)C(C)C. The molecule has 3 heteroatoms. The van der Waals surface area contributed by atoms with Gasteiger partial charge >= 0.3 is 0 Å². The molecule has 0 fully saturated rings. The van der Waals surface area contributed by atoms with Gasteiger partial charge in [-0.05, 0) is 116 Å². The van der Waals surface area contributed by atoms with Crippen molar-refractivity contribution in [1.29, 1.82) is 0 Å². The average Bonchev–Trinajstić information content (AvgIpc) is 2.92. The van der Waals surface area contributed by atoms with Crippen molar-refractivity contribution in [1.82, 2.24) is 0 Å². The third-order valence-electron chi connectivity index (χ3n) is 9.41. The van der Waals surface area contributed by atoms with Crippen LogP contribution in [0.1, 0.15) is 106 Å². The molecule has 0 heterocycles. The van der Waals surface area contributed by atoms with Gasteiger partial charge in [-0.2, -0.15) is 13.3 Å². The highest BCUT2D eigenvalue weighted by molar-refractivity contribution is 7.91. The zero-order chi connectivity index (χ0) is 30.9. The van der Waals surface area contributed by atoms with E-state index in [-0.39, 0.29) is 0 Å². The van der Waals surface area contributed by atoms with Gasteiger partial charge < -0.3 is 0 Å². The van der Waals surface area contributed by atoms with Crippen LogP contribution in [0.15, 0.2) is 66.7 Å². The number of benzene rings is 3. The molecule has 0 bridgehead atoms. The second-order valence-electron chi connectivity index (χ2n) is 13.7. The molecule has 0 amide bonds. The minimum absolute atomic E-state index is 0.486. The van der Waals surface area contributed by atoms with Gasteiger partial charge in [-0.1, -0.05) is 84.7 Å². The number of hydrogen-bond donors (Lipinski definition) is 0. The van der Waals surface area contributed by atoms with Crippen LogP contribution in [-0.2, 0) is 0 Å². The summed E-state index contributed by atoms with van der Waals surface area (Å²) in [7, 11) is -4.25. The maximum absolute atomic E-state index is 5.15. The van der Waals surface area contributed by atoms with Gasteiger partial charge in [0.05, 0.1) is 10.6 Å². The van der Waals surface area contributed by atoms with E-state index >= 15 is 0 Å². The monoisotopic (exact) mass is 606 g/mol. The molecule has 0 N–H and O–H groups in total. The molecular weight excluding hydrogens is 549 g/mol. The summed E-state index contributed by atoms with van der Waals surface area (Å²) in [5.41, 5.74) is 4.93. The molecule has 0 aliphatic rings. The van der Waals surface area contributed by atoms with E-state index in [0.29, 0.717) is 34.5 Å². The van der Waals surface area contributed by atoms with Crippen LogP contribution in [0.5, 0.6) is 0 Å². The maximum atomic E-state index is 5.15. The molecule has 0 saturated carbocycles. The summed E-state index contributed by atoms with van der Waals surface area (Å²) in [5, 5.41) is 7.55. The Balaban J connectivity index is 2.55. The van der Waals surface area contributed by atoms with Crippen LogP contribution in [0, 0.1) is 13.3 Å². The molecule has 41 heavy (non-hydrogen) atoms. The first-order chi connectivity index (χ1) is 19.1. The lowest BCUT2D eigenvalue weighted by molar-refractivity contribution is 0.868. The highest BCUT2D eigenvalue weighted by Gasteiger charge is 2.42. The van der Waals surface area contributed by atoms with Crippen molar-refractivity contribution < 1.29 is 0 Å². The van der Waals surface area contributed by atoms with Gasteiger partial charge in [-0.3, -0.25) is 0 Å². The second-order valence-corrected chi connectivity index (χ2v) is 24.7. The van der Waals surface area contributed by atoms with Crippen molar-refractivity contribution in [3.05, 3.63) is 91.2 Å². The fourth-order valence-electron chi connectivity index (χ4n) is 6.13. The lowest BCUT2D eigenvalue weighted by atomic mass is 10.0. The molecule has 224 valence electrons. The predicted octanol–water partition coefficient (Wildman–Crippen LogP) is 10.2. The lowest BCUT2D eigenvalue weighted by Crippen LogP contribution is -2.42. The van der Waals surface area contributed by atoms with Gasteiger partial charge in [-0.15, -0.1) is 0 Å². The third-order valence-corrected chi connectivity index (χ3v) is 22.2. The molecule has 0 saturated heterocycles. The summed E-state index contributed by atoms with van der Waals surface area (Å²) >= 11 is 0. The number of rotatable bonds is 11. The Kier molecular flexibility index (Phi) is 11.5. The Morgan fingerprint density at radius 3 is 1.12 bits per heavy atom. The van der Waals surface area contributed by atoms with E-state index in [1.165, 1.54) is 27.0 Å². The summed E-state index contributed by atoms with van der Waals surface area (Å²) in [6.07, 6.45) is 0. The topological polar surface area (TPSA) is 0 Å². The summed E-state index contributed by atoms with van der Waals surface area (Å²) in [6.45, 7) is 38.8. The molecular formula is C38H57P3. The summed E-state index contributed by atoms with van der Waals surface area (Å²) in [4.78, 5) is 0. The molecule has 0 spiro atoms. The maximum Gasteiger partial charge on any atom is 0.0736 e. The molecule has 0 radical (unpaired) electrons. The first kappa shape index (κ1) is 34.4. The molecule has 0 nitrogen and oxygen atoms in total. The largest absolute Gasteiger partial charge is 0.174 e. The van der Waals surface area contributed by atoms with Crippen LogP contribution in [0.3, 0.4) is 0 Å². The van der Waals surface area contributed by atoms with E-state index in [1.54, 1.807) is 10.6 Å². The summed E-state index contributed by atoms with van der Waals surface area (Å²) in [5.74, 6) is 0.972. The zero-order valence-corrected chi connectivity index (χ0v) is 30.8. The molecule has 0 atom stereocenters. The Morgan fingerprint density at radius 1 is 0.488 bits per heavy atom. The first-order valence-corrected chi connectivity index (χ1v) is 21.2. The van der Waals surface area contributed by atoms with E-state index in [4.69, 9.17) is 13.3 Å². The quantitative estimate of drug-likeness (QED) is 0.151.